The van der Waals surface area contributed by atoms with E-state index in [0.717, 1.165) is 17.3 Å². The minimum atomic E-state index is -3.44. The average molecular weight is 266 g/mol. The van der Waals surface area contributed by atoms with E-state index in [1.165, 1.54) is 6.92 Å². The molecule has 0 aromatic carbocycles. The quantitative estimate of drug-likeness (QED) is 0.810. The van der Waals surface area contributed by atoms with Gasteiger partial charge >= 0.3 is 0 Å². The highest BCUT2D eigenvalue weighted by Crippen LogP contribution is 2.23. The lowest BCUT2D eigenvalue weighted by atomic mass is 10.5. The molecule has 1 fully saturated rings. The van der Waals surface area contributed by atoms with Crippen molar-refractivity contribution in [3.63, 3.8) is 0 Å². The van der Waals surface area contributed by atoms with Crippen LogP contribution < -0.4 is 4.72 Å². The molecule has 0 amide bonds. The lowest BCUT2D eigenvalue weighted by Crippen LogP contribution is -2.37. The van der Waals surface area contributed by atoms with Crippen molar-refractivity contribution in [1.29, 1.82) is 5.26 Å². The molecule has 4 nitrogen and oxygen atoms in total. The molecule has 1 rings (SSSR count). The number of sulfonamides is 1. The molecule has 0 aromatic heterocycles. The summed E-state index contributed by atoms with van der Waals surface area (Å²) in [5, 5.41) is 7.89. The van der Waals surface area contributed by atoms with Crippen molar-refractivity contribution in [2.24, 2.45) is 0 Å². The molecule has 0 radical (unpaired) electrons. The van der Waals surface area contributed by atoms with Crippen LogP contribution in [0.1, 0.15) is 6.92 Å². The summed E-state index contributed by atoms with van der Waals surface area (Å²) < 4.78 is 25.4. The Hall–Kier alpha value is 0.1000. The molecule has 2 atom stereocenters. The van der Waals surface area contributed by atoms with Gasteiger partial charge in [0.25, 0.3) is 0 Å². The first-order chi connectivity index (χ1) is 7.06. The molecule has 1 heterocycles. The molecule has 15 heavy (non-hydrogen) atoms. The van der Waals surface area contributed by atoms with Crippen molar-refractivity contribution < 1.29 is 8.42 Å². The van der Waals surface area contributed by atoms with Crippen LogP contribution in [0.4, 0.5) is 0 Å². The summed E-state index contributed by atoms with van der Waals surface area (Å²) in [6.07, 6.45) is 0. The predicted molar refractivity (Wildman–Crippen MR) is 65.6 cm³/mol. The third-order valence-electron chi connectivity index (χ3n) is 2.04. The maximum absolute atomic E-state index is 11.5. The molecule has 1 aliphatic heterocycles. The fourth-order valence-corrected chi connectivity index (χ4v) is 4.60. The molecule has 1 N–H and O–H groups in total. The second kappa shape index (κ2) is 5.99. The van der Waals surface area contributed by atoms with Gasteiger partial charge in [0.05, 0.1) is 6.07 Å². The first kappa shape index (κ1) is 13.2. The molecular formula is C8H14N2O2S3. The summed E-state index contributed by atoms with van der Waals surface area (Å²) in [6, 6.07) is 1.73. The third kappa shape index (κ3) is 4.23. The van der Waals surface area contributed by atoms with Gasteiger partial charge in [0.1, 0.15) is 0 Å². The average Bonchev–Trinajstić information content (AvgIpc) is 2.27. The Morgan fingerprint density at radius 1 is 1.60 bits per heavy atom. The van der Waals surface area contributed by atoms with Crippen LogP contribution in [0.2, 0.25) is 0 Å². The number of hydrogen-bond acceptors (Lipinski definition) is 5. The van der Waals surface area contributed by atoms with Crippen LogP contribution >= 0.6 is 23.5 Å². The molecule has 86 valence electrons. The number of nitriles is 1. The Balaban J connectivity index is 2.39. The maximum atomic E-state index is 11.5. The van der Waals surface area contributed by atoms with Gasteiger partial charge in [-0.1, -0.05) is 0 Å². The molecular weight excluding hydrogens is 252 g/mol. The third-order valence-corrected chi connectivity index (χ3v) is 6.49. The first-order valence-corrected chi connectivity index (χ1v) is 8.38. The maximum Gasteiger partial charge on any atom is 0.227 e. The SMILES string of the molecule is CC(C#N)S(=O)(=O)NCC1CSCCS1. The second-order valence-corrected chi connectivity index (χ2v) is 7.88. The number of nitrogens with zero attached hydrogens (tertiary/aromatic N) is 1. The first-order valence-electron chi connectivity index (χ1n) is 4.63. The highest BCUT2D eigenvalue weighted by atomic mass is 32.2. The van der Waals surface area contributed by atoms with Gasteiger partial charge in [0.15, 0.2) is 5.25 Å². The lowest BCUT2D eigenvalue weighted by Gasteiger charge is -2.21. The van der Waals surface area contributed by atoms with Crippen molar-refractivity contribution in [2.75, 3.05) is 23.8 Å². The highest BCUT2D eigenvalue weighted by molar-refractivity contribution is 8.06. The van der Waals surface area contributed by atoms with E-state index in [-0.39, 0.29) is 0 Å². The molecule has 0 aromatic rings. The van der Waals surface area contributed by atoms with E-state index in [1.807, 2.05) is 11.8 Å². The fraction of sp³-hybridized carbons (Fsp3) is 0.875. The smallest absolute Gasteiger partial charge is 0.213 e. The monoisotopic (exact) mass is 266 g/mol. The Bertz CT molecular complexity index is 330. The molecule has 0 aliphatic carbocycles. The highest BCUT2D eigenvalue weighted by Gasteiger charge is 2.22. The number of thioether (sulfide) groups is 2. The Morgan fingerprint density at radius 3 is 2.87 bits per heavy atom. The Labute approximate surface area is 99.2 Å². The molecule has 1 aliphatic rings. The fourth-order valence-electron chi connectivity index (χ4n) is 1.06. The summed E-state index contributed by atoms with van der Waals surface area (Å²) in [6.45, 7) is 1.83. The zero-order valence-corrected chi connectivity index (χ0v) is 10.9. The number of nitrogens with one attached hydrogen (secondary N) is 1. The van der Waals surface area contributed by atoms with Gasteiger partial charge in [-0.25, -0.2) is 13.1 Å². The van der Waals surface area contributed by atoms with Gasteiger partial charge in [-0.05, 0) is 6.92 Å². The summed E-state index contributed by atoms with van der Waals surface area (Å²) >= 11 is 3.64. The van der Waals surface area contributed by atoms with Crippen molar-refractivity contribution in [1.82, 2.24) is 4.72 Å². The zero-order valence-electron chi connectivity index (χ0n) is 8.47. The van der Waals surface area contributed by atoms with Gasteiger partial charge < -0.3 is 0 Å². The van der Waals surface area contributed by atoms with Gasteiger partial charge in [-0.15, -0.1) is 0 Å². The van der Waals surface area contributed by atoms with Crippen LogP contribution in [0, 0.1) is 11.3 Å². The number of rotatable bonds is 4. The van der Waals surface area contributed by atoms with E-state index in [1.54, 1.807) is 17.8 Å². The molecule has 0 spiro atoms. The van der Waals surface area contributed by atoms with Crippen molar-refractivity contribution >= 4 is 33.5 Å². The summed E-state index contributed by atoms with van der Waals surface area (Å²) in [5.74, 6) is 3.20. The van der Waals surface area contributed by atoms with E-state index < -0.39 is 15.3 Å². The van der Waals surface area contributed by atoms with E-state index in [0.29, 0.717) is 11.8 Å². The van der Waals surface area contributed by atoms with Gasteiger partial charge in [0, 0.05) is 29.1 Å². The van der Waals surface area contributed by atoms with Gasteiger partial charge in [-0.3, -0.25) is 0 Å². The Kier molecular flexibility index (Phi) is 5.26. The van der Waals surface area contributed by atoms with E-state index in [4.69, 9.17) is 5.26 Å². The standard InChI is InChI=1S/C8H14N2O2S3/c1-7(4-9)15(11,12)10-5-8-6-13-2-3-14-8/h7-8,10H,2-3,5-6H2,1H3. The van der Waals surface area contributed by atoms with Gasteiger partial charge in [0.2, 0.25) is 10.0 Å². The van der Waals surface area contributed by atoms with Crippen molar-refractivity contribution in [3.05, 3.63) is 0 Å². The number of hydrogen-bond donors (Lipinski definition) is 1. The predicted octanol–water partition coefficient (Wildman–Crippen LogP) is 0.666. The van der Waals surface area contributed by atoms with Crippen LogP contribution in [-0.2, 0) is 10.0 Å². The van der Waals surface area contributed by atoms with Crippen LogP contribution in [-0.4, -0.2) is 42.7 Å². The largest absolute Gasteiger partial charge is 0.227 e. The second-order valence-electron chi connectivity index (χ2n) is 3.23. The van der Waals surface area contributed by atoms with Crippen LogP contribution in [0.5, 0.6) is 0 Å². The van der Waals surface area contributed by atoms with Crippen LogP contribution in [0.3, 0.4) is 0 Å². The summed E-state index contributed by atoms with van der Waals surface area (Å²) in [4.78, 5) is 0. The molecule has 7 heteroatoms. The van der Waals surface area contributed by atoms with Crippen LogP contribution in [0.15, 0.2) is 0 Å². The van der Waals surface area contributed by atoms with Gasteiger partial charge in [-0.2, -0.15) is 28.8 Å². The van der Waals surface area contributed by atoms with Crippen molar-refractivity contribution in [3.8, 4) is 6.07 Å². The minimum Gasteiger partial charge on any atom is -0.213 e. The Morgan fingerprint density at radius 2 is 2.33 bits per heavy atom. The van der Waals surface area contributed by atoms with Crippen LogP contribution in [0.25, 0.3) is 0 Å². The normalized spacial score (nSPS) is 24.4. The minimum absolute atomic E-state index is 0.337. The lowest BCUT2D eigenvalue weighted by molar-refractivity contribution is 0.577. The van der Waals surface area contributed by atoms with E-state index in [2.05, 4.69) is 4.72 Å². The van der Waals surface area contributed by atoms with E-state index >= 15 is 0 Å². The summed E-state index contributed by atoms with van der Waals surface area (Å²) in [7, 11) is -3.44. The molecule has 0 bridgehead atoms. The topological polar surface area (TPSA) is 70.0 Å². The van der Waals surface area contributed by atoms with E-state index in [9.17, 15) is 8.42 Å². The van der Waals surface area contributed by atoms with Crippen molar-refractivity contribution in [2.45, 2.75) is 17.4 Å². The summed E-state index contributed by atoms with van der Waals surface area (Å²) in [5.41, 5.74) is 0. The zero-order chi connectivity index (χ0) is 11.3. The molecule has 2 unspecified atom stereocenters. The molecule has 1 saturated heterocycles. The molecule has 0 saturated carbocycles.